The first-order chi connectivity index (χ1) is 8.78. The molecule has 2 rings (SSSR count). The van der Waals surface area contributed by atoms with Crippen molar-refractivity contribution in [2.45, 2.75) is 13.0 Å². The summed E-state index contributed by atoms with van der Waals surface area (Å²) in [5.74, 6) is 0.357. The zero-order chi connectivity index (χ0) is 14.2. The highest BCUT2D eigenvalue weighted by molar-refractivity contribution is 7.91. The molecule has 1 unspecified atom stereocenters. The van der Waals surface area contributed by atoms with Crippen LogP contribution in [0.5, 0.6) is 0 Å². The first-order valence-corrected chi connectivity index (χ1v) is 7.77. The Morgan fingerprint density at radius 1 is 1.53 bits per heavy atom. The maximum atomic E-state index is 11.5. The third-order valence-electron chi connectivity index (χ3n) is 2.94. The van der Waals surface area contributed by atoms with Gasteiger partial charge in [-0.2, -0.15) is 0 Å². The molecular weight excluding hydrogens is 294 g/mol. The van der Waals surface area contributed by atoms with Crippen LogP contribution < -0.4 is 4.90 Å². The summed E-state index contributed by atoms with van der Waals surface area (Å²) in [5, 5.41) is 10.8. The van der Waals surface area contributed by atoms with Gasteiger partial charge in [0.2, 0.25) is 0 Å². The van der Waals surface area contributed by atoms with E-state index >= 15 is 0 Å². The number of nitro groups is 1. The Labute approximate surface area is 115 Å². The molecule has 0 saturated carbocycles. The molecule has 1 atom stereocenters. The fourth-order valence-electron chi connectivity index (χ4n) is 2.06. The smallest absolute Gasteiger partial charge is 0.276 e. The van der Waals surface area contributed by atoms with Crippen LogP contribution in [0, 0.1) is 10.1 Å². The number of hydrogen-bond acceptors (Lipinski definition) is 6. The third kappa shape index (κ3) is 3.13. The Morgan fingerprint density at radius 3 is 2.79 bits per heavy atom. The summed E-state index contributed by atoms with van der Waals surface area (Å²) in [4.78, 5) is 16.0. The summed E-state index contributed by atoms with van der Waals surface area (Å²) in [6.07, 6.45) is 0. The minimum atomic E-state index is -3.05. The highest BCUT2D eigenvalue weighted by atomic mass is 35.5. The molecule has 0 N–H and O–H groups in total. The quantitative estimate of drug-likeness (QED) is 0.464. The molecular formula is C10H12ClN3O4S. The highest BCUT2D eigenvalue weighted by Crippen LogP contribution is 2.26. The first kappa shape index (κ1) is 14.0. The molecule has 1 aromatic rings. The number of sulfone groups is 1. The number of rotatable bonds is 2. The predicted octanol–water partition coefficient (Wildman–Crippen LogP) is 1.27. The van der Waals surface area contributed by atoms with E-state index in [1.807, 2.05) is 0 Å². The predicted molar refractivity (Wildman–Crippen MR) is 71.4 cm³/mol. The zero-order valence-electron chi connectivity index (χ0n) is 10.1. The molecule has 0 bridgehead atoms. The average molecular weight is 306 g/mol. The summed E-state index contributed by atoms with van der Waals surface area (Å²) >= 11 is 5.76. The summed E-state index contributed by atoms with van der Waals surface area (Å²) in [7, 11) is -3.05. The van der Waals surface area contributed by atoms with Crippen LogP contribution in [0.3, 0.4) is 0 Å². The molecule has 0 aromatic carbocycles. The number of aromatic nitrogens is 1. The second kappa shape index (κ2) is 4.93. The summed E-state index contributed by atoms with van der Waals surface area (Å²) in [5.41, 5.74) is -0.157. The van der Waals surface area contributed by atoms with Crippen molar-refractivity contribution in [3.05, 3.63) is 27.4 Å². The molecule has 1 aromatic heterocycles. The van der Waals surface area contributed by atoms with Gasteiger partial charge in [-0.3, -0.25) is 10.1 Å². The van der Waals surface area contributed by atoms with Crippen molar-refractivity contribution in [2.75, 3.05) is 23.0 Å². The van der Waals surface area contributed by atoms with E-state index in [-0.39, 0.29) is 34.9 Å². The van der Waals surface area contributed by atoms with Crippen molar-refractivity contribution in [1.82, 2.24) is 4.98 Å². The molecule has 1 aliphatic rings. The van der Waals surface area contributed by atoms with Crippen LogP contribution in [-0.2, 0) is 9.84 Å². The second-order valence-electron chi connectivity index (χ2n) is 4.42. The number of anilines is 1. The SMILES string of the molecule is CC1CS(=O)(=O)CCN1c1cc([N+](=O)[O-])cc(Cl)n1. The van der Waals surface area contributed by atoms with Crippen LogP contribution in [0.15, 0.2) is 12.1 Å². The maximum absolute atomic E-state index is 11.5. The van der Waals surface area contributed by atoms with Crippen LogP contribution in [0.1, 0.15) is 6.92 Å². The minimum absolute atomic E-state index is 0.00892. The summed E-state index contributed by atoms with van der Waals surface area (Å²) < 4.78 is 23.0. The van der Waals surface area contributed by atoms with Gasteiger partial charge in [-0.1, -0.05) is 11.6 Å². The molecule has 1 fully saturated rings. The van der Waals surface area contributed by atoms with Gasteiger partial charge in [-0.15, -0.1) is 0 Å². The third-order valence-corrected chi connectivity index (χ3v) is 4.93. The van der Waals surface area contributed by atoms with Gasteiger partial charge >= 0.3 is 0 Å². The lowest BCUT2D eigenvalue weighted by atomic mass is 10.3. The van der Waals surface area contributed by atoms with Crippen LogP contribution in [-0.4, -0.2) is 42.4 Å². The Hall–Kier alpha value is -1.41. The number of nitrogens with zero attached hydrogens (tertiary/aromatic N) is 3. The van der Waals surface area contributed by atoms with Gasteiger partial charge < -0.3 is 4.90 Å². The van der Waals surface area contributed by atoms with Gasteiger partial charge in [0, 0.05) is 12.6 Å². The van der Waals surface area contributed by atoms with E-state index in [2.05, 4.69) is 4.98 Å². The molecule has 1 saturated heterocycles. The molecule has 0 aliphatic carbocycles. The Balaban J connectivity index is 2.34. The normalized spacial score (nSPS) is 22.2. The first-order valence-electron chi connectivity index (χ1n) is 5.57. The van der Waals surface area contributed by atoms with Crippen molar-refractivity contribution in [2.24, 2.45) is 0 Å². The molecule has 0 spiro atoms. The average Bonchev–Trinajstić information content (AvgIpc) is 2.26. The van der Waals surface area contributed by atoms with E-state index in [1.165, 1.54) is 6.07 Å². The van der Waals surface area contributed by atoms with E-state index in [0.717, 1.165) is 6.07 Å². The lowest BCUT2D eigenvalue weighted by Gasteiger charge is -2.33. The number of halogens is 1. The van der Waals surface area contributed by atoms with Crippen LogP contribution in [0.2, 0.25) is 5.15 Å². The standard InChI is InChI=1S/C10H12ClN3O4S/c1-7-6-19(17,18)3-2-13(7)10-5-8(14(15)16)4-9(11)12-10/h4-5,7H,2-3,6H2,1H3. The van der Waals surface area contributed by atoms with Crippen LogP contribution in [0.25, 0.3) is 0 Å². The minimum Gasteiger partial charge on any atom is -0.352 e. The van der Waals surface area contributed by atoms with E-state index in [4.69, 9.17) is 11.6 Å². The molecule has 19 heavy (non-hydrogen) atoms. The van der Waals surface area contributed by atoms with E-state index in [0.29, 0.717) is 5.82 Å². The molecule has 9 heteroatoms. The van der Waals surface area contributed by atoms with Crippen molar-refractivity contribution >= 4 is 32.9 Å². The van der Waals surface area contributed by atoms with Crippen molar-refractivity contribution in [3.8, 4) is 0 Å². The molecule has 104 valence electrons. The highest BCUT2D eigenvalue weighted by Gasteiger charge is 2.29. The Bertz CT molecular complexity index is 619. The van der Waals surface area contributed by atoms with Gasteiger partial charge in [-0.05, 0) is 6.92 Å². The van der Waals surface area contributed by atoms with Crippen molar-refractivity contribution < 1.29 is 13.3 Å². The molecule has 1 aliphatic heterocycles. The van der Waals surface area contributed by atoms with Crippen molar-refractivity contribution in [3.63, 3.8) is 0 Å². The van der Waals surface area contributed by atoms with Gasteiger partial charge in [0.1, 0.15) is 11.0 Å². The van der Waals surface area contributed by atoms with Gasteiger partial charge in [0.05, 0.1) is 28.6 Å². The monoisotopic (exact) mass is 305 g/mol. The lowest BCUT2D eigenvalue weighted by molar-refractivity contribution is -0.384. The zero-order valence-corrected chi connectivity index (χ0v) is 11.7. The molecule has 0 radical (unpaired) electrons. The van der Waals surface area contributed by atoms with E-state index in [1.54, 1.807) is 11.8 Å². The van der Waals surface area contributed by atoms with Crippen LogP contribution >= 0.6 is 11.6 Å². The lowest BCUT2D eigenvalue weighted by Crippen LogP contribution is -2.47. The molecule has 2 heterocycles. The topological polar surface area (TPSA) is 93.4 Å². The molecule has 7 nitrogen and oxygen atoms in total. The van der Waals surface area contributed by atoms with Crippen molar-refractivity contribution in [1.29, 1.82) is 0 Å². The largest absolute Gasteiger partial charge is 0.352 e. The van der Waals surface area contributed by atoms with E-state index < -0.39 is 14.8 Å². The van der Waals surface area contributed by atoms with Gasteiger partial charge in [0.25, 0.3) is 5.69 Å². The summed E-state index contributed by atoms with van der Waals surface area (Å²) in [6.45, 7) is 2.00. The summed E-state index contributed by atoms with van der Waals surface area (Å²) in [6, 6.07) is 2.18. The fourth-order valence-corrected chi connectivity index (χ4v) is 3.82. The van der Waals surface area contributed by atoms with Crippen LogP contribution in [0.4, 0.5) is 11.5 Å². The van der Waals surface area contributed by atoms with Gasteiger partial charge in [-0.25, -0.2) is 13.4 Å². The fraction of sp³-hybridized carbons (Fsp3) is 0.500. The van der Waals surface area contributed by atoms with Gasteiger partial charge in [0.15, 0.2) is 9.84 Å². The number of hydrogen-bond donors (Lipinski definition) is 0. The number of pyridine rings is 1. The molecule has 0 amide bonds. The maximum Gasteiger partial charge on any atom is 0.276 e. The Kier molecular flexibility index (Phi) is 3.64. The van der Waals surface area contributed by atoms with E-state index in [9.17, 15) is 18.5 Å². The second-order valence-corrected chi connectivity index (χ2v) is 7.04. The Morgan fingerprint density at radius 2 is 2.21 bits per heavy atom.